The Morgan fingerprint density at radius 3 is 2.52 bits per heavy atom. The van der Waals surface area contributed by atoms with Crippen LogP contribution in [0, 0.1) is 11.6 Å². The zero-order valence-electron chi connectivity index (χ0n) is 11.8. The first-order valence-electron chi connectivity index (χ1n) is 6.58. The molecule has 112 valence electrons. The first-order valence-corrected chi connectivity index (χ1v) is 6.96. The van der Waals surface area contributed by atoms with E-state index >= 15 is 0 Å². The van der Waals surface area contributed by atoms with E-state index in [-0.39, 0.29) is 0 Å². The summed E-state index contributed by atoms with van der Waals surface area (Å²) in [7, 11) is 1.50. The molecule has 2 aromatic rings. The van der Waals surface area contributed by atoms with Crippen molar-refractivity contribution >= 4 is 11.6 Å². The summed E-state index contributed by atoms with van der Waals surface area (Å²) >= 11 is 5.78. The molecule has 0 aliphatic rings. The van der Waals surface area contributed by atoms with Crippen molar-refractivity contribution in [2.75, 3.05) is 13.7 Å². The van der Waals surface area contributed by atoms with Gasteiger partial charge in [0.25, 0.3) is 0 Å². The second-order valence-electron chi connectivity index (χ2n) is 4.54. The second kappa shape index (κ2) is 6.87. The van der Waals surface area contributed by atoms with Gasteiger partial charge in [-0.15, -0.1) is 0 Å². The summed E-state index contributed by atoms with van der Waals surface area (Å²) in [4.78, 5) is 0. The Labute approximate surface area is 127 Å². The van der Waals surface area contributed by atoms with Crippen molar-refractivity contribution < 1.29 is 13.5 Å². The lowest BCUT2D eigenvalue weighted by Crippen LogP contribution is -2.23. The Bertz CT molecular complexity index is 634. The number of benzene rings is 2. The number of nitrogens with one attached hydrogen (secondary N) is 1. The average molecular weight is 312 g/mol. The minimum atomic E-state index is -0.516. The molecule has 0 saturated heterocycles. The van der Waals surface area contributed by atoms with Crippen molar-refractivity contribution in [1.29, 1.82) is 0 Å². The number of methoxy groups -OCH3 is 1. The Morgan fingerprint density at radius 1 is 1.14 bits per heavy atom. The minimum absolute atomic E-state index is 0.317. The molecule has 0 aromatic heterocycles. The maximum atomic E-state index is 14.2. The standard InChI is InChI=1S/C16H16ClF2NO/c1-3-20-16(12-6-4-10(17)8-14(12)19)13-9-11(18)5-7-15(13)21-2/h4-9,16,20H,3H2,1-2H3. The quantitative estimate of drug-likeness (QED) is 0.887. The van der Waals surface area contributed by atoms with Crippen molar-refractivity contribution in [3.05, 3.63) is 64.2 Å². The summed E-state index contributed by atoms with van der Waals surface area (Å²) in [6.45, 7) is 2.49. The van der Waals surface area contributed by atoms with Crippen LogP contribution in [0.2, 0.25) is 5.02 Å². The molecule has 2 rings (SSSR count). The topological polar surface area (TPSA) is 21.3 Å². The van der Waals surface area contributed by atoms with Crippen LogP contribution in [0.4, 0.5) is 8.78 Å². The van der Waals surface area contributed by atoms with Crippen LogP contribution in [0.15, 0.2) is 36.4 Å². The number of hydrogen-bond donors (Lipinski definition) is 1. The molecule has 1 N–H and O–H groups in total. The van der Waals surface area contributed by atoms with E-state index in [1.54, 1.807) is 12.1 Å². The maximum absolute atomic E-state index is 14.2. The molecular formula is C16H16ClF2NO. The van der Waals surface area contributed by atoms with Gasteiger partial charge in [-0.2, -0.15) is 0 Å². The van der Waals surface area contributed by atoms with Gasteiger partial charge >= 0.3 is 0 Å². The van der Waals surface area contributed by atoms with Gasteiger partial charge in [0.15, 0.2) is 0 Å². The van der Waals surface area contributed by atoms with Crippen molar-refractivity contribution in [2.45, 2.75) is 13.0 Å². The van der Waals surface area contributed by atoms with Crippen LogP contribution in [0.3, 0.4) is 0 Å². The van der Waals surface area contributed by atoms with E-state index in [4.69, 9.17) is 16.3 Å². The first kappa shape index (κ1) is 15.7. The van der Waals surface area contributed by atoms with Crippen LogP contribution in [0.25, 0.3) is 0 Å². The number of hydrogen-bond acceptors (Lipinski definition) is 2. The van der Waals surface area contributed by atoms with Gasteiger partial charge in [0.05, 0.1) is 13.2 Å². The largest absolute Gasteiger partial charge is 0.496 e. The van der Waals surface area contributed by atoms with E-state index in [1.807, 2.05) is 6.92 Å². The van der Waals surface area contributed by atoms with Crippen LogP contribution in [0.5, 0.6) is 5.75 Å². The van der Waals surface area contributed by atoms with Crippen molar-refractivity contribution in [1.82, 2.24) is 5.32 Å². The predicted molar refractivity (Wildman–Crippen MR) is 79.9 cm³/mol. The number of ether oxygens (including phenoxy) is 1. The molecule has 0 amide bonds. The smallest absolute Gasteiger partial charge is 0.129 e. The molecule has 0 aliphatic heterocycles. The predicted octanol–water partition coefficient (Wildman–Crippen LogP) is 4.33. The molecule has 21 heavy (non-hydrogen) atoms. The highest BCUT2D eigenvalue weighted by atomic mass is 35.5. The monoisotopic (exact) mass is 311 g/mol. The second-order valence-corrected chi connectivity index (χ2v) is 4.98. The fourth-order valence-corrected chi connectivity index (χ4v) is 2.42. The molecule has 0 aliphatic carbocycles. The summed E-state index contributed by atoms with van der Waals surface area (Å²) in [6, 6.07) is 8.11. The number of rotatable bonds is 5. The van der Waals surface area contributed by atoms with Crippen molar-refractivity contribution in [3.8, 4) is 5.75 Å². The summed E-state index contributed by atoms with van der Waals surface area (Å²) in [5.74, 6) is -0.348. The van der Waals surface area contributed by atoms with E-state index < -0.39 is 17.7 Å². The van der Waals surface area contributed by atoms with Gasteiger partial charge in [-0.3, -0.25) is 0 Å². The van der Waals surface area contributed by atoms with Gasteiger partial charge in [-0.25, -0.2) is 8.78 Å². The third-order valence-electron chi connectivity index (χ3n) is 3.18. The van der Waals surface area contributed by atoms with Gasteiger partial charge in [-0.05, 0) is 36.9 Å². The molecule has 0 heterocycles. The molecule has 2 aromatic carbocycles. The fourth-order valence-electron chi connectivity index (χ4n) is 2.26. The van der Waals surface area contributed by atoms with E-state index in [1.165, 1.54) is 31.4 Å². The van der Waals surface area contributed by atoms with Gasteiger partial charge < -0.3 is 10.1 Å². The van der Waals surface area contributed by atoms with E-state index in [0.29, 0.717) is 28.4 Å². The minimum Gasteiger partial charge on any atom is -0.496 e. The third kappa shape index (κ3) is 3.52. The van der Waals surface area contributed by atoms with Crippen LogP contribution in [-0.4, -0.2) is 13.7 Å². The molecule has 1 unspecified atom stereocenters. The zero-order chi connectivity index (χ0) is 15.4. The van der Waals surface area contributed by atoms with Gasteiger partial charge in [0, 0.05) is 16.1 Å². The third-order valence-corrected chi connectivity index (χ3v) is 3.42. The molecule has 5 heteroatoms. The molecule has 1 atom stereocenters. The SMILES string of the molecule is CCNC(c1ccc(Cl)cc1F)c1cc(F)ccc1OC. The lowest BCUT2D eigenvalue weighted by molar-refractivity contribution is 0.401. The molecule has 0 bridgehead atoms. The molecule has 0 radical (unpaired) electrons. The molecule has 0 spiro atoms. The van der Waals surface area contributed by atoms with Crippen LogP contribution in [0.1, 0.15) is 24.1 Å². The van der Waals surface area contributed by atoms with E-state index in [2.05, 4.69) is 5.32 Å². The van der Waals surface area contributed by atoms with Gasteiger partial charge in [0.1, 0.15) is 17.4 Å². The Balaban J connectivity index is 2.55. The normalized spacial score (nSPS) is 12.2. The first-order chi connectivity index (χ1) is 10.1. The highest BCUT2D eigenvalue weighted by molar-refractivity contribution is 6.30. The highest BCUT2D eigenvalue weighted by Gasteiger charge is 2.21. The summed E-state index contributed by atoms with van der Waals surface area (Å²) in [5.41, 5.74) is 0.936. The van der Waals surface area contributed by atoms with E-state index in [9.17, 15) is 8.78 Å². The Morgan fingerprint density at radius 2 is 1.90 bits per heavy atom. The number of halogens is 3. The molecular weight excluding hydrogens is 296 g/mol. The van der Waals surface area contributed by atoms with E-state index in [0.717, 1.165) is 0 Å². The molecule has 2 nitrogen and oxygen atoms in total. The van der Waals surface area contributed by atoms with Crippen molar-refractivity contribution in [3.63, 3.8) is 0 Å². The van der Waals surface area contributed by atoms with Crippen LogP contribution >= 0.6 is 11.6 Å². The maximum Gasteiger partial charge on any atom is 0.129 e. The molecule has 0 fully saturated rings. The fraction of sp³-hybridized carbons (Fsp3) is 0.250. The van der Waals surface area contributed by atoms with Gasteiger partial charge in [0.2, 0.25) is 0 Å². The zero-order valence-corrected chi connectivity index (χ0v) is 12.5. The average Bonchev–Trinajstić information content (AvgIpc) is 2.45. The van der Waals surface area contributed by atoms with Crippen LogP contribution in [-0.2, 0) is 0 Å². The summed E-state index contributed by atoms with van der Waals surface area (Å²) in [5, 5.41) is 3.46. The lowest BCUT2D eigenvalue weighted by Gasteiger charge is -2.22. The van der Waals surface area contributed by atoms with Gasteiger partial charge in [-0.1, -0.05) is 24.6 Å². The Kier molecular flexibility index (Phi) is 5.15. The molecule has 0 saturated carbocycles. The lowest BCUT2D eigenvalue weighted by atomic mass is 9.97. The highest BCUT2D eigenvalue weighted by Crippen LogP contribution is 2.32. The summed E-state index contributed by atoms with van der Waals surface area (Å²) < 4.78 is 33.0. The summed E-state index contributed by atoms with van der Waals surface area (Å²) in [6.07, 6.45) is 0. The Hall–Kier alpha value is -1.65. The van der Waals surface area contributed by atoms with Crippen molar-refractivity contribution in [2.24, 2.45) is 0 Å². The van der Waals surface area contributed by atoms with Crippen LogP contribution < -0.4 is 10.1 Å².